The molecular weight excluding hydrogens is 428 g/mol. The van der Waals surface area contributed by atoms with E-state index in [9.17, 15) is 4.79 Å². The number of hydrogen-bond donors (Lipinski definition) is 0. The number of hydrogen-bond acceptors (Lipinski definition) is 2. The maximum Gasteiger partial charge on any atom is 0.305 e. The van der Waals surface area contributed by atoms with Crippen LogP contribution in [0.2, 0.25) is 0 Å². The molecule has 210 valence electrons. The Morgan fingerprint density at radius 3 is 1.14 bits per heavy atom. The van der Waals surface area contributed by atoms with Crippen molar-refractivity contribution in [2.75, 3.05) is 6.61 Å². The van der Waals surface area contributed by atoms with Crippen LogP contribution >= 0.6 is 0 Å². The Balaban J connectivity index is 3.13. The van der Waals surface area contributed by atoms with Gasteiger partial charge in [0.05, 0.1) is 6.61 Å². The summed E-state index contributed by atoms with van der Waals surface area (Å²) in [5, 5.41) is 0. The maximum absolute atomic E-state index is 11.9. The predicted octanol–water partition coefficient (Wildman–Crippen LogP) is 11.7. The van der Waals surface area contributed by atoms with E-state index in [0.717, 1.165) is 19.3 Å². The number of esters is 1. The van der Waals surface area contributed by atoms with E-state index in [4.69, 9.17) is 4.74 Å². The molecule has 0 rings (SSSR count). The molecule has 0 aromatic heterocycles. The van der Waals surface area contributed by atoms with Crippen LogP contribution < -0.4 is 0 Å². The minimum absolute atomic E-state index is 0.0235. The van der Waals surface area contributed by atoms with E-state index in [1.54, 1.807) is 0 Å². The highest BCUT2D eigenvalue weighted by Gasteiger charge is 2.02. The number of unbranched alkanes of at least 4 members (excludes halogenated alkanes) is 26. The molecule has 0 atom stereocenters. The van der Waals surface area contributed by atoms with Gasteiger partial charge in [0, 0.05) is 6.42 Å². The van der Waals surface area contributed by atoms with Crippen molar-refractivity contribution in [3.8, 4) is 0 Å². The van der Waals surface area contributed by atoms with Crippen LogP contribution in [-0.2, 0) is 9.53 Å². The molecule has 0 amide bonds. The highest BCUT2D eigenvalue weighted by molar-refractivity contribution is 5.69. The van der Waals surface area contributed by atoms with Crippen molar-refractivity contribution < 1.29 is 9.53 Å². The fourth-order valence-corrected chi connectivity index (χ4v) is 4.95. The van der Waals surface area contributed by atoms with E-state index in [2.05, 4.69) is 13.8 Å². The minimum Gasteiger partial charge on any atom is -0.466 e. The molecule has 2 nitrogen and oxygen atoms in total. The Morgan fingerprint density at radius 1 is 0.457 bits per heavy atom. The van der Waals surface area contributed by atoms with Gasteiger partial charge in [-0.3, -0.25) is 4.79 Å². The van der Waals surface area contributed by atoms with E-state index >= 15 is 0 Å². The number of ether oxygens (including phenoxy) is 1. The summed E-state index contributed by atoms with van der Waals surface area (Å²) in [4.78, 5) is 11.9. The smallest absolute Gasteiger partial charge is 0.305 e. The molecule has 0 aromatic rings. The molecule has 0 aliphatic heterocycles. The van der Waals surface area contributed by atoms with Crippen molar-refractivity contribution in [1.29, 1.82) is 0 Å². The van der Waals surface area contributed by atoms with Gasteiger partial charge in [-0.25, -0.2) is 0 Å². The van der Waals surface area contributed by atoms with Crippen molar-refractivity contribution >= 4 is 5.97 Å². The van der Waals surface area contributed by atoms with Crippen LogP contribution in [0.15, 0.2) is 0 Å². The summed E-state index contributed by atoms with van der Waals surface area (Å²) >= 11 is 0. The first kappa shape index (κ1) is 34.5. The molecule has 35 heavy (non-hydrogen) atoms. The molecule has 0 saturated heterocycles. The molecule has 0 aromatic carbocycles. The summed E-state index contributed by atoms with van der Waals surface area (Å²) in [6.45, 7) is 6.82. The van der Waals surface area contributed by atoms with Crippen molar-refractivity contribution in [3.63, 3.8) is 0 Å². The Labute approximate surface area is 222 Å². The Bertz CT molecular complexity index is 393. The number of carbonyl (C=O) groups excluding carboxylic acids is 1. The van der Waals surface area contributed by atoms with E-state index < -0.39 is 0 Å². The second-order valence-electron chi connectivity index (χ2n) is 11.0. The van der Waals surface area contributed by atoms with E-state index in [-0.39, 0.29) is 5.97 Å². The molecule has 0 unspecified atom stereocenters. The SMILES string of the molecule is [CH2-]CCCCCCCCCCCCCCCCCOC(=O)CCCCCCCCCCCCCC. The third kappa shape index (κ3) is 31.4. The molecule has 0 spiro atoms. The lowest BCUT2D eigenvalue weighted by Crippen LogP contribution is -2.05. The average molecular weight is 494 g/mol. The lowest BCUT2D eigenvalue weighted by Gasteiger charge is -2.06. The second kappa shape index (κ2) is 31.5. The lowest BCUT2D eigenvalue weighted by atomic mass is 10.0. The molecule has 2 heteroatoms. The predicted molar refractivity (Wildman–Crippen MR) is 156 cm³/mol. The quantitative estimate of drug-likeness (QED) is 0.0565. The molecular formula is C33H65O2-. The summed E-state index contributed by atoms with van der Waals surface area (Å²) in [5.41, 5.74) is 0. The van der Waals surface area contributed by atoms with Crippen LogP contribution in [0.4, 0.5) is 0 Å². The van der Waals surface area contributed by atoms with Gasteiger partial charge in [-0.1, -0.05) is 167 Å². The Kier molecular flexibility index (Phi) is 31.0. The normalized spacial score (nSPS) is 11.3. The number of rotatable bonds is 30. The van der Waals surface area contributed by atoms with Gasteiger partial charge in [0.2, 0.25) is 0 Å². The van der Waals surface area contributed by atoms with Crippen LogP contribution in [0.25, 0.3) is 0 Å². The summed E-state index contributed by atoms with van der Waals surface area (Å²) in [5.74, 6) is 0.0235. The minimum atomic E-state index is 0.0235. The standard InChI is InChI=1S/C33H65O2/c1-3-5-7-9-11-13-15-17-18-19-20-22-24-26-28-30-32-35-33(34)31-29-27-25-23-21-16-14-12-10-8-6-4-2/h1,3-32H2,2H3/q-1. The second-order valence-corrected chi connectivity index (χ2v) is 11.0. The van der Waals surface area contributed by atoms with Crippen LogP contribution in [-0.4, -0.2) is 12.6 Å². The Morgan fingerprint density at radius 2 is 0.771 bits per heavy atom. The largest absolute Gasteiger partial charge is 0.466 e. The number of carbonyl (C=O) groups is 1. The Hall–Kier alpha value is -0.530. The fourth-order valence-electron chi connectivity index (χ4n) is 4.95. The first-order valence-electron chi connectivity index (χ1n) is 16.3. The van der Waals surface area contributed by atoms with Crippen LogP contribution in [0.5, 0.6) is 0 Å². The molecule has 0 aliphatic carbocycles. The van der Waals surface area contributed by atoms with Gasteiger partial charge in [-0.2, -0.15) is 6.42 Å². The first-order chi connectivity index (χ1) is 17.3. The molecule has 0 heterocycles. The molecule has 0 fully saturated rings. The third-order valence-corrected chi connectivity index (χ3v) is 7.39. The fraction of sp³-hybridized carbons (Fsp3) is 0.939. The van der Waals surface area contributed by atoms with Crippen LogP contribution in [0, 0.1) is 6.92 Å². The highest BCUT2D eigenvalue weighted by Crippen LogP contribution is 2.15. The molecule has 0 bridgehead atoms. The topological polar surface area (TPSA) is 26.3 Å². The molecule has 0 radical (unpaired) electrons. The molecule has 0 aliphatic rings. The van der Waals surface area contributed by atoms with Gasteiger partial charge in [0.25, 0.3) is 0 Å². The maximum atomic E-state index is 11.9. The summed E-state index contributed by atoms with van der Waals surface area (Å²) in [6.07, 6.45) is 38.0. The van der Waals surface area contributed by atoms with Crippen molar-refractivity contribution in [2.24, 2.45) is 0 Å². The zero-order valence-corrected chi connectivity index (χ0v) is 24.2. The monoisotopic (exact) mass is 493 g/mol. The van der Waals surface area contributed by atoms with Crippen molar-refractivity contribution in [2.45, 2.75) is 193 Å². The van der Waals surface area contributed by atoms with Gasteiger partial charge in [0.1, 0.15) is 0 Å². The lowest BCUT2D eigenvalue weighted by molar-refractivity contribution is -0.143. The zero-order chi connectivity index (χ0) is 25.5. The van der Waals surface area contributed by atoms with Gasteiger partial charge in [-0.15, -0.1) is 0 Å². The first-order valence-corrected chi connectivity index (χ1v) is 16.3. The van der Waals surface area contributed by atoms with Crippen molar-refractivity contribution in [1.82, 2.24) is 0 Å². The summed E-state index contributed by atoms with van der Waals surface area (Å²) < 4.78 is 5.42. The van der Waals surface area contributed by atoms with Crippen molar-refractivity contribution in [3.05, 3.63) is 6.92 Å². The highest BCUT2D eigenvalue weighted by atomic mass is 16.5. The van der Waals surface area contributed by atoms with Crippen LogP contribution in [0.3, 0.4) is 0 Å². The van der Waals surface area contributed by atoms with Gasteiger partial charge >= 0.3 is 5.97 Å². The van der Waals surface area contributed by atoms with E-state index in [1.165, 1.54) is 161 Å². The van der Waals surface area contributed by atoms with E-state index in [0.29, 0.717) is 13.0 Å². The molecule has 0 saturated carbocycles. The van der Waals surface area contributed by atoms with Crippen LogP contribution in [0.1, 0.15) is 193 Å². The van der Waals surface area contributed by atoms with Gasteiger partial charge < -0.3 is 11.7 Å². The third-order valence-electron chi connectivity index (χ3n) is 7.39. The summed E-state index contributed by atoms with van der Waals surface area (Å²) in [6, 6.07) is 0. The van der Waals surface area contributed by atoms with Gasteiger partial charge in [0.15, 0.2) is 0 Å². The van der Waals surface area contributed by atoms with Gasteiger partial charge in [-0.05, 0) is 12.8 Å². The summed E-state index contributed by atoms with van der Waals surface area (Å²) in [7, 11) is 0. The zero-order valence-electron chi connectivity index (χ0n) is 24.2. The average Bonchev–Trinajstić information content (AvgIpc) is 2.86. The van der Waals surface area contributed by atoms with E-state index in [1.807, 2.05) is 0 Å². The molecule has 0 N–H and O–H groups in total.